The molecule has 1 aromatic rings. The highest BCUT2D eigenvalue weighted by Crippen LogP contribution is 2.18. The first-order valence-electron chi connectivity index (χ1n) is 6.65. The number of nitrogens with one attached hydrogen (secondary N) is 2. The van der Waals surface area contributed by atoms with E-state index in [1.807, 2.05) is 0 Å². The van der Waals surface area contributed by atoms with Crippen molar-refractivity contribution in [1.82, 2.24) is 10.6 Å². The van der Waals surface area contributed by atoms with Crippen molar-refractivity contribution in [2.24, 2.45) is 0 Å². The van der Waals surface area contributed by atoms with Gasteiger partial charge < -0.3 is 10.6 Å². The minimum Gasteiger partial charge on any atom is -0.350 e. The van der Waals surface area contributed by atoms with Crippen LogP contribution in [-0.4, -0.2) is 38.1 Å². The van der Waals surface area contributed by atoms with Crippen molar-refractivity contribution in [3.8, 4) is 0 Å². The monoisotopic (exact) mass is 348 g/mol. The minimum atomic E-state index is -4.69. The molecule has 0 spiro atoms. The first kappa shape index (κ1) is 19.0. The zero-order valence-electron chi connectivity index (χ0n) is 12.9. The van der Waals surface area contributed by atoms with Crippen LogP contribution in [0.1, 0.15) is 31.1 Å². The lowest BCUT2D eigenvalue weighted by Gasteiger charge is -2.20. The Balaban J connectivity index is 2.71. The van der Waals surface area contributed by atoms with E-state index < -0.39 is 31.9 Å². The highest BCUT2D eigenvalue weighted by atomic mass is 32.2. The number of alkyl halides is 2. The summed E-state index contributed by atoms with van der Waals surface area (Å²) in [6.45, 7) is 5.10. The number of benzene rings is 1. The van der Waals surface area contributed by atoms with Gasteiger partial charge in [-0.15, -0.1) is 0 Å². The number of hydrogen-bond donors (Lipinski definition) is 2. The molecule has 0 aliphatic carbocycles. The molecule has 6 nitrogen and oxygen atoms in total. The van der Waals surface area contributed by atoms with Gasteiger partial charge in [-0.1, -0.05) is 0 Å². The summed E-state index contributed by atoms with van der Waals surface area (Å²) in [4.78, 5) is 22.8. The number of amides is 2. The second kappa shape index (κ2) is 7.03. The molecule has 1 rings (SSSR count). The van der Waals surface area contributed by atoms with Crippen molar-refractivity contribution in [3.05, 3.63) is 29.8 Å². The van der Waals surface area contributed by atoms with Crippen molar-refractivity contribution < 1.29 is 26.8 Å². The van der Waals surface area contributed by atoms with Crippen LogP contribution in [0.5, 0.6) is 0 Å². The first-order valence-corrected chi connectivity index (χ1v) is 8.19. The Kier molecular flexibility index (Phi) is 5.81. The third kappa shape index (κ3) is 5.59. The zero-order valence-corrected chi connectivity index (χ0v) is 13.7. The zero-order chi connectivity index (χ0) is 17.8. The van der Waals surface area contributed by atoms with Gasteiger partial charge in [0.2, 0.25) is 15.7 Å². The van der Waals surface area contributed by atoms with E-state index in [4.69, 9.17) is 0 Å². The van der Waals surface area contributed by atoms with E-state index in [1.54, 1.807) is 20.8 Å². The van der Waals surface area contributed by atoms with Crippen molar-refractivity contribution in [2.45, 2.75) is 37.0 Å². The predicted molar refractivity (Wildman–Crippen MR) is 79.9 cm³/mol. The number of rotatable bonds is 5. The fourth-order valence-corrected chi connectivity index (χ4v) is 2.35. The molecule has 0 unspecified atom stereocenters. The summed E-state index contributed by atoms with van der Waals surface area (Å²) in [5.74, 6) is -4.53. The molecule has 0 atom stereocenters. The standard InChI is InChI=1S/C14H18F2N2O4S/c1-14(2,3)18-11(19)8-17-12(20)9-4-6-10(7-5-9)23(21,22)13(15)16/h4-7,13H,8H2,1-3H3,(H,17,20)(H,18,19). The molecule has 0 aliphatic rings. The molecular weight excluding hydrogens is 330 g/mol. The summed E-state index contributed by atoms with van der Waals surface area (Å²) in [6, 6.07) is 4.05. The second-order valence-electron chi connectivity index (χ2n) is 5.81. The third-order valence-electron chi connectivity index (χ3n) is 2.60. The molecule has 0 aromatic heterocycles. The predicted octanol–water partition coefficient (Wildman–Crippen LogP) is 1.33. The van der Waals surface area contributed by atoms with Crippen LogP contribution < -0.4 is 10.6 Å². The van der Waals surface area contributed by atoms with Crippen LogP contribution >= 0.6 is 0 Å². The third-order valence-corrected chi connectivity index (χ3v) is 4.00. The van der Waals surface area contributed by atoms with Gasteiger partial charge in [0.05, 0.1) is 11.4 Å². The van der Waals surface area contributed by atoms with Gasteiger partial charge in [0.1, 0.15) is 0 Å². The van der Waals surface area contributed by atoms with Crippen LogP contribution in [0, 0.1) is 0 Å². The Morgan fingerprint density at radius 2 is 1.65 bits per heavy atom. The van der Waals surface area contributed by atoms with Gasteiger partial charge in [-0.2, -0.15) is 8.78 Å². The van der Waals surface area contributed by atoms with Gasteiger partial charge in [-0.05, 0) is 45.0 Å². The van der Waals surface area contributed by atoms with Crippen molar-refractivity contribution in [2.75, 3.05) is 6.54 Å². The van der Waals surface area contributed by atoms with Gasteiger partial charge in [-0.3, -0.25) is 9.59 Å². The number of hydrogen-bond acceptors (Lipinski definition) is 4. The Morgan fingerprint density at radius 3 is 2.09 bits per heavy atom. The van der Waals surface area contributed by atoms with E-state index in [0.29, 0.717) is 0 Å². The number of carbonyl (C=O) groups is 2. The van der Waals surface area contributed by atoms with E-state index >= 15 is 0 Å². The molecule has 9 heteroatoms. The van der Waals surface area contributed by atoms with Crippen molar-refractivity contribution >= 4 is 21.7 Å². The maximum absolute atomic E-state index is 12.4. The van der Waals surface area contributed by atoms with Crippen molar-refractivity contribution in [3.63, 3.8) is 0 Å². The summed E-state index contributed by atoms with van der Waals surface area (Å²) in [5, 5.41) is 5.00. The molecule has 23 heavy (non-hydrogen) atoms. The van der Waals surface area contributed by atoms with Crippen molar-refractivity contribution in [1.29, 1.82) is 0 Å². The lowest BCUT2D eigenvalue weighted by atomic mass is 10.1. The lowest BCUT2D eigenvalue weighted by molar-refractivity contribution is -0.121. The Morgan fingerprint density at radius 1 is 1.13 bits per heavy atom. The van der Waals surface area contributed by atoms with Crippen LogP contribution in [0.25, 0.3) is 0 Å². The first-order chi connectivity index (χ1) is 10.4. The molecule has 0 radical (unpaired) electrons. The van der Waals surface area contributed by atoms with E-state index in [-0.39, 0.29) is 18.0 Å². The molecule has 0 fully saturated rings. The smallest absolute Gasteiger partial charge is 0.341 e. The van der Waals surface area contributed by atoms with Gasteiger partial charge in [0.25, 0.3) is 5.91 Å². The van der Waals surface area contributed by atoms with E-state index in [2.05, 4.69) is 10.6 Å². The molecule has 128 valence electrons. The normalized spacial score (nSPS) is 12.1. The molecular formula is C14H18F2N2O4S. The Bertz CT molecular complexity index is 680. The number of halogens is 2. The molecule has 2 N–H and O–H groups in total. The Hall–Kier alpha value is -2.03. The summed E-state index contributed by atoms with van der Waals surface area (Å²) < 4.78 is 47.3. The second-order valence-corrected chi connectivity index (χ2v) is 7.73. The maximum atomic E-state index is 12.4. The topological polar surface area (TPSA) is 92.3 Å². The molecule has 0 saturated heterocycles. The summed E-state index contributed by atoms with van der Waals surface area (Å²) in [6.07, 6.45) is 0. The van der Waals surface area contributed by atoms with Gasteiger partial charge in [0.15, 0.2) is 0 Å². The van der Waals surface area contributed by atoms with Gasteiger partial charge in [0, 0.05) is 11.1 Å². The highest BCUT2D eigenvalue weighted by molar-refractivity contribution is 7.91. The van der Waals surface area contributed by atoms with Crippen LogP contribution in [0.15, 0.2) is 29.2 Å². The average Bonchev–Trinajstić information content (AvgIpc) is 2.43. The molecule has 0 heterocycles. The Labute approximate surface area is 133 Å². The van der Waals surface area contributed by atoms with Crippen LogP contribution in [0.3, 0.4) is 0 Å². The molecule has 1 aromatic carbocycles. The number of sulfone groups is 1. The maximum Gasteiger partial charge on any atom is 0.341 e. The molecule has 0 saturated carbocycles. The number of carbonyl (C=O) groups excluding carboxylic acids is 2. The molecule has 0 bridgehead atoms. The quantitative estimate of drug-likeness (QED) is 0.840. The lowest BCUT2D eigenvalue weighted by Crippen LogP contribution is -2.45. The highest BCUT2D eigenvalue weighted by Gasteiger charge is 2.26. The van der Waals surface area contributed by atoms with Gasteiger partial charge in [-0.25, -0.2) is 8.42 Å². The fraction of sp³-hybridized carbons (Fsp3) is 0.429. The summed E-state index contributed by atoms with van der Waals surface area (Å²) in [5.41, 5.74) is -0.380. The van der Waals surface area contributed by atoms with Crippen LogP contribution in [0.2, 0.25) is 0 Å². The van der Waals surface area contributed by atoms with Gasteiger partial charge >= 0.3 is 5.76 Å². The SMILES string of the molecule is CC(C)(C)NC(=O)CNC(=O)c1ccc(S(=O)(=O)C(F)F)cc1. The van der Waals surface area contributed by atoms with Crippen LogP contribution in [-0.2, 0) is 14.6 Å². The van der Waals surface area contributed by atoms with E-state index in [0.717, 1.165) is 24.3 Å². The average molecular weight is 348 g/mol. The largest absolute Gasteiger partial charge is 0.350 e. The summed E-state index contributed by atoms with van der Waals surface area (Å²) in [7, 11) is -4.69. The summed E-state index contributed by atoms with van der Waals surface area (Å²) >= 11 is 0. The van der Waals surface area contributed by atoms with Crippen LogP contribution in [0.4, 0.5) is 8.78 Å². The van der Waals surface area contributed by atoms with E-state index in [1.165, 1.54) is 0 Å². The minimum absolute atomic E-state index is 0.0572. The molecule has 0 aliphatic heterocycles. The van der Waals surface area contributed by atoms with E-state index in [9.17, 15) is 26.8 Å². The molecule has 2 amide bonds. The fourth-order valence-electron chi connectivity index (χ4n) is 1.62.